The number of hydrogen-bond acceptors (Lipinski definition) is 5. The predicted molar refractivity (Wildman–Crippen MR) is 85.3 cm³/mol. The number of nitrogens with zero attached hydrogens (tertiary/aromatic N) is 3. The van der Waals surface area contributed by atoms with Crippen LogP contribution in [0.4, 0.5) is 13.2 Å². The molecule has 0 radical (unpaired) electrons. The van der Waals surface area contributed by atoms with Gasteiger partial charge in [0, 0.05) is 12.7 Å². The number of alkyl halides is 3. The average molecular weight is 389 g/mol. The van der Waals surface area contributed by atoms with Crippen molar-refractivity contribution in [3.05, 3.63) is 48.1 Å². The summed E-state index contributed by atoms with van der Waals surface area (Å²) in [6.07, 6.45) is 0.888. The van der Waals surface area contributed by atoms with Crippen molar-refractivity contribution < 1.29 is 30.8 Å². The number of sulfonamides is 1. The number of carbonyl (C=O) groups excluding carboxylic acids is 1. The van der Waals surface area contributed by atoms with Crippen molar-refractivity contribution in [2.75, 3.05) is 18.8 Å². The molecule has 26 heavy (non-hydrogen) atoms. The van der Waals surface area contributed by atoms with E-state index < -0.39 is 35.2 Å². The first kappa shape index (κ1) is 18.2. The molecule has 1 aromatic rings. The Morgan fingerprint density at radius 3 is 2.81 bits per heavy atom. The lowest BCUT2D eigenvalue weighted by molar-refractivity contribution is -0.160. The molecule has 2 aliphatic rings. The summed E-state index contributed by atoms with van der Waals surface area (Å²) < 4.78 is 70.8. The van der Waals surface area contributed by atoms with Gasteiger partial charge in [-0.25, -0.2) is 8.42 Å². The molecule has 0 fully saturated rings. The number of carbonyl (C=O) groups is 1. The van der Waals surface area contributed by atoms with Crippen LogP contribution in [0.2, 0.25) is 0 Å². The monoisotopic (exact) mass is 389 g/mol. The van der Waals surface area contributed by atoms with Crippen LogP contribution in [0.15, 0.2) is 51.1 Å². The Kier molecular flexibility index (Phi) is 4.65. The highest BCUT2D eigenvalue weighted by atomic mass is 32.2. The van der Waals surface area contributed by atoms with Crippen LogP contribution in [-0.2, 0) is 21.4 Å². The molecule has 3 rings (SSSR count). The number of fused-ring (bicyclic) bond motifs is 1. The maximum Gasteiger partial charge on any atom is 0.406 e. The Labute approximate surface area is 147 Å². The molecule has 2 aliphatic heterocycles. The van der Waals surface area contributed by atoms with Crippen LogP contribution >= 0.6 is 0 Å². The first-order valence-electron chi connectivity index (χ1n) is 7.51. The van der Waals surface area contributed by atoms with Gasteiger partial charge < -0.3 is 14.2 Å². The summed E-state index contributed by atoms with van der Waals surface area (Å²) in [5.41, 5.74) is -0.216. The maximum atomic E-state index is 12.9. The fourth-order valence-corrected chi connectivity index (χ4v) is 3.55. The number of halogens is 3. The largest absolute Gasteiger partial charge is 0.467 e. The number of hydrogen-bond donors (Lipinski definition) is 0. The Morgan fingerprint density at radius 2 is 2.15 bits per heavy atom. The molecule has 0 saturated heterocycles. The third kappa shape index (κ3) is 4.15. The van der Waals surface area contributed by atoms with Crippen molar-refractivity contribution in [3.8, 4) is 0 Å². The molecule has 1 amide bonds. The van der Waals surface area contributed by atoms with E-state index in [1.54, 1.807) is 0 Å². The van der Waals surface area contributed by atoms with E-state index in [1.807, 2.05) is 0 Å². The highest BCUT2D eigenvalue weighted by molar-refractivity contribution is 7.90. The Morgan fingerprint density at radius 1 is 1.38 bits per heavy atom. The highest BCUT2D eigenvalue weighted by Gasteiger charge is 2.37. The van der Waals surface area contributed by atoms with Crippen molar-refractivity contribution in [3.63, 3.8) is 0 Å². The first-order valence-corrected chi connectivity index (χ1v) is 9.12. The second-order valence-electron chi connectivity index (χ2n) is 5.67. The number of amides is 1. The Bertz CT molecular complexity index is 886. The van der Waals surface area contributed by atoms with Crippen LogP contribution in [0.3, 0.4) is 0 Å². The minimum Gasteiger partial charge on any atom is -0.467 e. The van der Waals surface area contributed by atoms with Crippen molar-refractivity contribution in [2.24, 2.45) is 4.40 Å². The van der Waals surface area contributed by atoms with Gasteiger partial charge in [-0.3, -0.25) is 4.79 Å². The molecule has 11 heteroatoms. The number of furan rings is 1. The molecule has 140 valence electrons. The molecule has 3 heterocycles. The molecule has 0 N–H and O–H groups in total. The molecular weight excluding hydrogens is 375 g/mol. The van der Waals surface area contributed by atoms with Crippen LogP contribution in [0.25, 0.3) is 0 Å². The fraction of sp³-hybridized carbons (Fsp3) is 0.333. The fourth-order valence-electron chi connectivity index (χ4n) is 2.56. The van der Waals surface area contributed by atoms with E-state index in [9.17, 15) is 26.4 Å². The quantitative estimate of drug-likeness (QED) is 0.782. The molecule has 0 bridgehead atoms. The van der Waals surface area contributed by atoms with E-state index in [-0.39, 0.29) is 29.5 Å². The Hall–Kier alpha value is -2.56. The summed E-state index contributed by atoms with van der Waals surface area (Å²) in [5.74, 6) is -1.22. The minimum absolute atomic E-state index is 0.0692. The molecule has 0 unspecified atom stereocenters. The third-order valence-electron chi connectivity index (χ3n) is 3.67. The number of allylic oxidation sites excluding steroid dienone is 2. The highest BCUT2D eigenvalue weighted by Crippen LogP contribution is 2.24. The van der Waals surface area contributed by atoms with Crippen molar-refractivity contribution in [1.29, 1.82) is 0 Å². The van der Waals surface area contributed by atoms with E-state index in [0.717, 1.165) is 0 Å². The smallest absolute Gasteiger partial charge is 0.406 e. The summed E-state index contributed by atoms with van der Waals surface area (Å²) in [7, 11) is -3.77. The van der Waals surface area contributed by atoms with Crippen LogP contribution < -0.4 is 0 Å². The van der Waals surface area contributed by atoms with E-state index >= 15 is 0 Å². The van der Waals surface area contributed by atoms with E-state index in [0.29, 0.717) is 4.90 Å². The van der Waals surface area contributed by atoms with Crippen LogP contribution in [0, 0.1) is 0 Å². The van der Waals surface area contributed by atoms with Crippen LogP contribution in [0.1, 0.15) is 5.76 Å². The minimum atomic E-state index is -4.63. The normalized spacial score (nSPS) is 18.8. The lowest BCUT2D eigenvalue weighted by Gasteiger charge is -2.31. The number of rotatable bonds is 4. The van der Waals surface area contributed by atoms with Gasteiger partial charge in [0.1, 0.15) is 12.3 Å². The topological polar surface area (TPSA) is 83.2 Å². The van der Waals surface area contributed by atoms with Crippen molar-refractivity contribution in [1.82, 2.24) is 9.80 Å². The van der Waals surface area contributed by atoms with E-state index in [1.165, 1.54) is 41.6 Å². The number of amidine groups is 1. The van der Waals surface area contributed by atoms with Crippen LogP contribution in [-0.4, -0.2) is 55.0 Å². The lowest BCUT2D eigenvalue weighted by atomic mass is 10.1. The average Bonchev–Trinajstić information content (AvgIpc) is 3.04. The second-order valence-corrected chi connectivity index (χ2v) is 7.43. The molecule has 0 atom stereocenters. The summed E-state index contributed by atoms with van der Waals surface area (Å²) in [4.78, 5) is 14.7. The molecule has 0 spiro atoms. The van der Waals surface area contributed by atoms with Gasteiger partial charge in [-0.15, -0.1) is 4.40 Å². The molecule has 0 aliphatic carbocycles. The molecule has 1 aromatic heterocycles. The first-order chi connectivity index (χ1) is 12.1. The van der Waals surface area contributed by atoms with Gasteiger partial charge in [0.25, 0.3) is 15.9 Å². The molecule has 0 aromatic carbocycles. The zero-order chi connectivity index (χ0) is 18.9. The molecular formula is C15H14F3N3O4S. The summed E-state index contributed by atoms with van der Waals surface area (Å²) in [6, 6.07) is 2.94. The predicted octanol–water partition coefficient (Wildman–Crippen LogP) is 1.67. The molecule has 7 nitrogen and oxygen atoms in total. The third-order valence-corrected chi connectivity index (χ3v) is 4.82. The van der Waals surface area contributed by atoms with Crippen LogP contribution in [0.5, 0.6) is 0 Å². The van der Waals surface area contributed by atoms with Crippen molar-refractivity contribution in [2.45, 2.75) is 12.7 Å². The van der Waals surface area contributed by atoms with Crippen molar-refractivity contribution >= 4 is 21.8 Å². The second kappa shape index (κ2) is 6.63. The summed E-state index contributed by atoms with van der Waals surface area (Å²) in [6.45, 7) is -1.85. The SMILES string of the molecule is O=C(C1=CC=CN2CCS(=O)(=O)N=C12)N(Cc1ccco1)CC(F)(F)F. The Balaban J connectivity index is 1.93. The van der Waals surface area contributed by atoms with Gasteiger partial charge >= 0.3 is 6.18 Å². The zero-order valence-corrected chi connectivity index (χ0v) is 14.1. The van der Waals surface area contributed by atoms with E-state index in [2.05, 4.69) is 4.40 Å². The lowest BCUT2D eigenvalue weighted by Crippen LogP contribution is -2.45. The maximum absolute atomic E-state index is 12.9. The summed E-state index contributed by atoms with van der Waals surface area (Å²) >= 11 is 0. The van der Waals surface area contributed by atoms with Gasteiger partial charge in [-0.05, 0) is 24.3 Å². The van der Waals surface area contributed by atoms with Gasteiger partial charge in [-0.2, -0.15) is 13.2 Å². The van der Waals surface area contributed by atoms with Gasteiger partial charge in [0.2, 0.25) is 0 Å². The van der Waals surface area contributed by atoms with Gasteiger partial charge in [0.15, 0.2) is 5.84 Å². The standard InChI is InChI=1S/C15H14F3N3O4S/c16-15(17,18)10-21(9-11-3-2-7-25-11)14(22)12-4-1-5-20-6-8-26(23,24)19-13(12)20/h1-5,7H,6,8-10H2. The van der Waals surface area contributed by atoms with E-state index in [4.69, 9.17) is 4.42 Å². The van der Waals surface area contributed by atoms with Gasteiger partial charge in [-0.1, -0.05) is 0 Å². The molecule has 0 saturated carbocycles. The zero-order valence-electron chi connectivity index (χ0n) is 13.3. The van der Waals surface area contributed by atoms with Gasteiger partial charge in [0.05, 0.1) is 24.1 Å². The summed E-state index contributed by atoms with van der Waals surface area (Å²) in [5, 5.41) is 0.